The van der Waals surface area contributed by atoms with Crippen LogP contribution in [0, 0.1) is 0 Å². The summed E-state index contributed by atoms with van der Waals surface area (Å²) in [5, 5.41) is 10.4. The molecule has 1 aliphatic carbocycles. The first-order chi connectivity index (χ1) is 13.2. The summed E-state index contributed by atoms with van der Waals surface area (Å²) in [6.45, 7) is 13.5. The SMILES string of the molecule is CC(C)(C)N(NC(=O)O)C(=O)C1(c2ccc(B3OC(C)(C)C(C)(C)O3)cc2)CC1. The van der Waals surface area contributed by atoms with Gasteiger partial charge < -0.3 is 14.4 Å². The van der Waals surface area contributed by atoms with E-state index in [-0.39, 0.29) is 5.91 Å². The number of carbonyl (C=O) groups is 2. The van der Waals surface area contributed by atoms with Crippen molar-refractivity contribution in [2.24, 2.45) is 0 Å². The Balaban J connectivity index is 1.82. The molecule has 1 aromatic rings. The van der Waals surface area contributed by atoms with E-state index in [1.165, 1.54) is 5.01 Å². The lowest BCUT2D eigenvalue weighted by Crippen LogP contribution is -2.58. The Morgan fingerprint density at radius 3 is 1.90 bits per heavy atom. The molecule has 2 aliphatic rings. The van der Waals surface area contributed by atoms with Crippen molar-refractivity contribution in [3.05, 3.63) is 29.8 Å². The van der Waals surface area contributed by atoms with Gasteiger partial charge in [0.05, 0.1) is 22.2 Å². The molecular weight excluding hydrogens is 371 g/mol. The summed E-state index contributed by atoms with van der Waals surface area (Å²) >= 11 is 0. The van der Waals surface area contributed by atoms with Crippen LogP contribution in [-0.4, -0.2) is 46.0 Å². The van der Waals surface area contributed by atoms with Gasteiger partial charge in [0.2, 0.25) is 0 Å². The van der Waals surface area contributed by atoms with Gasteiger partial charge in [-0.25, -0.2) is 15.2 Å². The van der Waals surface area contributed by atoms with Crippen LogP contribution in [0.15, 0.2) is 24.3 Å². The van der Waals surface area contributed by atoms with E-state index in [1.54, 1.807) is 20.8 Å². The summed E-state index contributed by atoms with van der Waals surface area (Å²) in [5.41, 5.74) is 1.85. The average molecular weight is 402 g/mol. The van der Waals surface area contributed by atoms with Crippen molar-refractivity contribution < 1.29 is 24.0 Å². The lowest BCUT2D eigenvalue weighted by atomic mass is 9.78. The zero-order valence-electron chi connectivity index (χ0n) is 18.3. The molecule has 0 aromatic heterocycles. The van der Waals surface area contributed by atoms with E-state index in [0.29, 0.717) is 12.8 Å². The van der Waals surface area contributed by atoms with Crippen LogP contribution in [0.3, 0.4) is 0 Å². The molecule has 0 unspecified atom stereocenters. The van der Waals surface area contributed by atoms with E-state index in [0.717, 1.165) is 11.0 Å². The summed E-state index contributed by atoms with van der Waals surface area (Å²) in [5.74, 6) is -0.226. The predicted molar refractivity (Wildman–Crippen MR) is 111 cm³/mol. The number of hydrogen-bond donors (Lipinski definition) is 2. The standard InChI is InChI=1S/C21H31BN2O5/c1-18(2,3)24(23-17(26)27)16(25)21(12-13-21)14-8-10-15(11-9-14)22-28-19(4,5)20(6,7)29-22/h8-11,23H,12-13H2,1-7H3,(H,26,27). The number of hydrogen-bond acceptors (Lipinski definition) is 4. The highest BCUT2D eigenvalue weighted by molar-refractivity contribution is 6.62. The number of hydrazine groups is 1. The van der Waals surface area contributed by atoms with E-state index in [9.17, 15) is 9.59 Å². The number of nitrogens with one attached hydrogen (secondary N) is 1. The van der Waals surface area contributed by atoms with Crippen molar-refractivity contribution >= 4 is 24.6 Å². The predicted octanol–water partition coefficient (Wildman–Crippen LogP) is 2.83. The quantitative estimate of drug-likeness (QED) is 0.600. The first-order valence-corrected chi connectivity index (χ1v) is 10.00. The molecule has 0 spiro atoms. The Bertz CT molecular complexity index is 793. The number of amides is 2. The summed E-state index contributed by atoms with van der Waals surface area (Å²) in [6, 6.07) is 7.70. The van der Waals surface area contributed by atoms with Crippen molar-refractivity contribution in [1.82, 2.24) is 10.4 Å². The fourth-order valence-electron chi connectivity index (χ4n) is 3.52. The van der Waals surface area contributed by atoms with Crippen LogP contribution in [0.5, 0.6) is 0 Å². The van der Waals surface area contributed by atoms with Gasteiger partial charge >= 0.3 is 13.2 Å². The second-order valence-corrected chi connectivity index (χ2v) is 10.0. The van der Waals surface area contributed by atoms with Crippen LogP contribution in [0.2, 0.25) is 0 Å². The molecule has 1 heterocycles. The third kappa shape index (κ3) is 3.88. The van der Waals surface area contributed by atoms with E-state index < -0.39 is 35.4 Å². The molecule has 1 saturated carbocycles. The summed E-state index contributed by atoms with van der Waals surface area (Å²) in [4.78, 5) is 24.5. The van der Waals surface area contributed by atoms with Gasteiger partial charge in [0, 0.05) is 0 Å². The largest absolute Gasteiger partial charge is 0.494 e. The fraction of sp³-hybridized carbons (Fsp3) is 0.619. The molecule has 8 heteroatoms. The van der Waals surface area contributed by atoms with Crippen LogP contribution in [0.4, 0.5) is 4.79 Å². The highest BCUT2D eigenvalue weighted by Gasteiger charge is 2.55. The number of nitrogens with zero attached hydrogens (tertiary/aromatic N) is 1. The topological polar surface area (TPSA) is 88.1 Å². The maximum absolute atomic E-state index is 13.3. The van der Waals surface area contributed by atoms with Crippen LogP contribution >= 0.6 is 0 Å². The summed E-state index contributed by atoms with van der Waals surface area (Å²) in [7, 11) is -0.459. The van der Waals surface area contributed by atoms with Gasteiger partial charge in [-0.2, -0.15) is 0 Å². The Labute approximate surface area is 172 Å². The van der Waals surface area contributed by atoms with Gasteiger partial charge in [0.15, 0.2) is 0 Å². The number of benzene rings is 1. The Hall–Kier alpha value is -2.06. The molecule has 2 amide bonds. The maximum Gasteiger partial charge on any atom is 0.494 e. The van der Waals surface area contributed by atoms with Gasteiger partial charge in [-0.15, -0.1) is 0 Å². The van der Waals surface area contributed by atoms with Gasteiger partial charge in [-0.3, -0.25) is 4.79 Å². The Kier molecular flexibility index (Phi) is 5.03. The minimum Gasteiger partial charge on any atom is -0.464 e. The van der Waals surface area contributed by atoms with Crippen LogP contribution in [0.25, 0.3) is 0 Å². The Morgan fingerprint density at radius 2 is 1.52 bits per heavy atom. The molecule has 158 valence electrons. The highest BCUT2D eigenvalue weighted by atomic mass is 16.7. The molecule has 1 saturated heterocycles. The first-order valence-electron chi connectivity index (χ1n) is 10.00. The van der Waals surface area contributed by atoms with E-state index in [1.807, 2.05) is 52.0 Å². The normalized spacial score (nSPS) is 21.6. The van der Waals surface area contributed by atoms with Gasteiger partial charge in [0.25, 0.3) is 5.91 Å². The van der Waals surface area contributed by atoms with Crippen molar-refractivity contribution in [3.8, 4) is 0 Å². The van der Waals surface area contributed by atoms with Gasteiger partial charge in [-0.1, -0.05) is 24.3 Å². The zero-order chi connectivity index (χ0) is 21.8. The van der Waals surface area contributed by atoms with Crippen molar-refractivity contribution in [2.45, 2.75) is 83.5 Å². The van der Waals surface area contributed by atoms with E-state index >= 15 is 0 Å². The molecular formula is C21H31BN2O5. The molecule has 2 N–H and O–H groups in total. The monoisotopic (exact) mass is 402 g/mol. The highest BCUT2D eigenvalue weighted by Crippen LogP contribution is 2.50. The maximum atomic E-state index is 13.3. The van der Waals surface area contributed by atoms with Gasteiger partial charge in [-0.05, 0) is 72.3 Å². The third-order valence-corrected chi connectivity index (χ3v) is 6.23. The van der Waals surface area contributed by atoms with Gasteiger partial charge in [0.1, 0.15) is 0 Å². The molecule has 3 rings (SSSR count). The fourth-order valence-corrected chi connectivity index (χ4v) is 3.52. The van der Waals surface area contributed by atoms with Crippen molar-refractivity contribution in [2.75, 3.05) is 0 Å². The third-order valence-electron chi connectivity index (χ3n) is 6.23. The molecule has 1 aromatic carbocycles. The van der Waals surface area contributed by atoms with Crippen LogP contribution in [-0.2, 0) is 19.5 Å². The molecule has 29 heavy (non-hydrogen) atoms. The lowest BCUT2D eigenvalue weighted by molar-refractivity contribution is -0.142. The number of rotatable bonds is 3. The van der Waals surface area contributed by atoms with Crippen molar-refractivity contribution in [1.29, 1.82) is 0 Å². The molecule has 2 fully saturated rings. The molecule has 7 nitrogen and oxygen atoms in total. The minimum atomic E-state index is -1.25. The average Bonchev–Trinajstić information content (AvgIpc) is 3.35. The first kappa shape index (κ1) is 21.6. The summed E-state index contributed by atoms with van der Waals surface area (Å²) in [6.07, 6.45) is 0.130. The second-order valence-electron chi connectivity index (χ2n) is 10.0. The number of carboxylic acid groups (broad SMARTS) is 1. The van der Waals surface area contributed by atoms with E-state index in [2.05, 4.69) is 5.43 Å². The second kappa shape index (κ2) is 6.74. The Morgan fingerprint density at radius 1 is 1.03 bits per heavy atom. The smallest absolute Gasteiger partial charge is 0.464 e. The van der Waals surface area contributed by atoms with Crippen molar-refractivity contribution in [3.63, 3.8) is 0 Å². The van der Waals surface area contributed by atoms with Crippen LogP contribution in [0.1, 0.15) is 66.9 Å². The van der Waals surface area contributed by atoms with E-state index in [4.69, 9.17) is 14.4 Å². The van der Waals surface area contributed by atoms with Crippen LogP contribution < -0.4 is 10.9 Å². The summed E-state index contributed by atoms with van der Waals surface area (Å²) < 4.78 is 12.2. The molecule has 1 aliphatic heterocycles. The minimum absolute atomic E-state index is 0.226. The molecule has 0 bridgehead atoms. The molecule has 0 atom stereocenters. The lowest BCUT2D eigenvalue weighted by Gasteiger charge is -2.37. The molecule has 0 radical (unpaired) electrons. The number of carbonyl (C=O) groups excluding carboxylic acids is 1. The zero-order valence-corrected chi connectivity index (χ0v) is 18.3.